The first kappa shape index (κ1) is 25.1. The normalized spacial score (nSPS) is 17.4. The molecular formula is C22H24Cl3NO5S. The van der Waals surface area contributed by atoms with Crippen LogP contribution in [0.5, 0.6) is 5.75 Å². The Morgan fingerprint density at radius 1 is 1.12 bits per heavy atom. The molecule has 2 aromatic carbocycles. The van der Waals surface area contributed by atoms with Gasteiger partial charge in [-0.1, -0.05) is 35.3 Å². The Bertz CT molecular complexity index is 1090. The number of aliphatic carboxylic acids is 1. The molecule has 2 aromatic rings. The Morgan fingerprint density at radius 2 is 1.78 bits per heavy atom. The van der Waals surface area contributed by atoms with E-state index in [1.165, 1.54) is 0 Å². The molecule has 0 aromatic heterocycles. The van der Waals surface area contributed by atoms with Crippen molar-refractivity contribution in [1.29, 1.82) is 0 Å². The second-order valence-corrected chi connectivity index (χ2v) is 11.0. The molecule has 1 spiro atoms. The standard InChI is InChI=1S/C22H23Cl2NO5S.ClH/c23-18-2-1-3-19(24)16(18)13-31(28,29)15-4-5-17-20(12-15)30-14-22(17)7-10-25(11-8-22)9-6-21(26)27;/h1-5,12H,6-11,13-14H2,(H,26,27);1H. The van der Waals surface area contributed by atoms with Gasteiger partial charge in [0.15, 0.2) is 9.84 Å². The molecule has 0 saturated carbocycles. The van der Waals surface area contributed by atoms with E-state index in [1.807, 2.05) is 6.07 Å². The molecule has 6 nitrogen and oxygen atoms in total. The summed E-state index contributed by atoms with van der Waals surface area (Å²) in [6.07, 6.45) is 1.83. The summed E-state index contributed by atoms with van der Waals surface area (Å²) in [4.78, 5) is 13.1. The number of likely N-dealkylation sites (tertiary alicyclic amines) is 1. The summed E-state index contributed by atoms with van der Waals surface area (Å²) in [5.74, 6) is -0.472. The highest BCUT2D eigenvalue weighted by Gasteiger charge is 2.43. The van der Waals surface area contributed by atoms with E-state index >= 15 is 0 Å². The van der Waals surface area contributed by atoms with Crippen LogP contribution in [0, 0.1) is 0 Å². The summed E-state index contributed by atoms with van der Waals surface area (Å²) < 4.78 is 32.0. The monoisotopic (exact) mass is 519 g/mol. The molecule has 32 heavy (non-hydrogen) atoms. The molecule has 1 saturated heterocycles. The number of carboxylic acids is 1. The number of hydrogen-bond donors (Lipinski definition) is 1. The molecule has 0 amide bonds. The van der Waals surface area contributed by atoms with Gasteiger partial charge in [-0.3, -0.25) is 4.79 Å². The number of hydrogen-bond acceptors (Lipinski definition) is 5. The van der Waals surface area contributed by atoms with Gasteiger partial charge in [-0.15, -0.1) is 12.4 Å². The van der Waals surface area contributed by atoms with Gasteiger partial charge in [-0.05, 0) is 50.2 Å². The molecule has 0 unspecified atom stereocenters. The highest BCUT2D eigenvalue weighted by Crippen LogP contribution is 2.46. The summed E-state index contributed by atoms with van der Waals surface area (Å²) in [6, 6.07) is 10.0. The minimum Gasteiger partial charge on any atom is -0.492 e. The summed E-state index contributed by atoms with van der Waals surface area (Å²) in [5.41, 5.74) is 1.27. The molecule has 2 heterocycles. The van der Waals surface area contributed by atoms with Crippen molar-refractivity contribution in [3.05, 3.63) is 57.6 Å². The fraction of sp³-hybridized carbons (Fsp3) is 0.409. The zero-order chi connectivity index (χ0) is 22.2. The van der Waals surface area contributed by atoms with Crippen molar-refractivity contribution in [1.82, 2.24) is 4.90 Å². The van der Waals surface area contributed by atoms with Crippen molar-refractivity contribution in [3.63, 3.8) is 0 Å². The van der Waals surface area contributed by atoms with Crippen molar-refractivity contribution in [2.45, 2.75) is 35.3 Å². The Labute approximate surface area is 203 Å². The van der Waals surface area contributed by atoms with Gasteiger partial charge >= 0.3 is 5.97 Å². The quantitative estimate of drug-likeness (QED) is 0.600. The maximum atomic E-state index is 13.0. The van der Waals surface area contributed by atoms with Crippen LogP contribution in [0.15, 0.2) is 41.3 Å². The topological polar surface area (TPSA) is 83.9 Å². The van der Waals surface area contributed by atoms with Crippen LogP contribution in [0.1, 0.15) is 30.4 Å². The summed E-state index contributed by atoms with van der Waals surface area (Å²) >= 11 is 12.3. The molecule has 4 rings (SSSR count). The molecule has 0 bridgehead atoms. The number of piperidine rings is 1. The van der Waals surface area contributed by atoms with Gasteiger partial charge in [0, 0.05) is 33.1 Å². The molecule has 2 aliphatic heterocycles. The Balaban J connectivity index is 0.00000289. The second kappa shape index (κ2) is 9.77. The first-order chi connectivity index (χ1) is 14.7. The second-order valence-electron chi connectivity index (χ2n) is 8.17. The lowest BCUT2D eigenvalue weighted by Gasteiger charge is -2.38. The van der Waals surface area contributed by atoms with Gasteiger partial charge in [0.05, 0.1) is 23.7 Å². The van der Waals surface area contributed by atoms with Gasteiger partial charge in [0.25, 0.3) is 0 Å². The highest BCUT2D eigenvalue weighted by molar-refractivity contribution is 7.90. The Morgan fingerprint density at radius 3 is 2.41 bits per heavy atom. The molecular weight excluding hydrogens is 497 g/mol. The van der Waals surface area contributed by atoms with Crippen LogP contribution >= 0.6 is 35.6 Å². The first-order valence-corrected chi connectivity index (χ1v) is 12.5. The summed E-state index contributed by atoms with van der Waals surface area (Å²) in [5, 5.41) is 9.53. The molecule has 0 radical (unpaired) electrons. The number of rotatable bonds is 6. The SMILES string of the molecule is Cl.O=C(O)CCN1CCC2(CC1)COc1cc(S(=O)(=O)Cc3c(Cl)cccc3Cl)ccc12. The number of ether oxygens (including phenoxy) is 1. The van der Waals surface area contributed by atoms with Crippen molar-refractivity contribution in [2.75, 3.05) is 26.2 Å². The van der Waals surface area contributed by atoms with E-state index in [4.69, 9.17) is 33.0 Å². The minimum absolute atomic E-state index is 0. The van der Waals surface area contributed by atoms with Crippen molar-refractivity contribution in [2.24, 2.45) is 0 Å². The fourth-order valence-electron chi connectivity index (χ4n) is 4.36. The zero-order valence-electron chi connectivity index (χ0n) is 17.2. The zero-order valence-corrected chi connectivity index (χ0v) is 20.4. The maximum Gasteiger partial charge on any atom is 0.304 e. The largest absolute Gasteiger partial charge is 0.492 e. The minimum atomic E-state index is -3.66. The van der Waals surface area contributed by atoms with Gasteiger partial charge < -0.3 is 14.7 Å². The Kier molecular flexibility index (Phi) is 7.67. The van der Waals surface area contributed by atoms with E-state index < -0.39 is 15.8 Å². The van der Waals surface area contributed by atoms with Crippen molar-refractivity contribution < 1.29 is 23.1 Å². The number of carbonyl (C=O) groups is 1. The number of halogens is 3. The third-order valence-electron chi connectivity index (χ3n) is 6.24. The van der Waals surface area contributed by atoms with Gasteiger partial charge in [-0.25, -0.2) is 8.42 Å². The molecule has 0 aliphatic carbocycles. The Hall–Kier alpha value is -1.51. The van der Waals surface area contributed by atoms with E-state index in [9.17, 15) is 13.2 Å². The van der Waals surface area contributed by atoms with Gasteiger partial charge in [-0.2, -0.15) is 0 Å². The molecule has 10 heteroatoms. The van der Waals surface area contributed by atoms with Crippen molar-refractivity contribution in [3.8, 4) is 5.75 Å². The summed E-state index contributed by atoms with van der Waals surface area (Å²) in [7, 11) is -3.66. The molecule has 1 fully saturated rings. The molecule has 0 atom stereocenters. The molecule has 2 aliphatic rings. The number of fused-ring (bicyclic) bond motifs is 2. The van der Waals surface area contributed by atoms with E-state index in [-0.39, 0.29) is 34.9 Å². The maximum absolute atomic E-state index is 13.0. The van der Waals surface area contributed by atoms with Crippen LogP contribution in [0.4, 0.5) is 0 Å². The lowest BCUT2D eigenvalue weighted by Crippen LogP contribution is -2.44. The molecule has 174 valence electrons. The lowest BCUT2D eigenvalue weighted by molar-refractivity contribution is -0.137. The van der Waals surface area contributed by atoms with Crippen LogP contribution in [0.2, 0.25) is 10.0 Å². The molecule has 1 N–H and O–H groups in total. The first-order valence-electron chi connectivity index (χ1n) is 10.1. The van der Waals surface area contributed by atoms with E-state index in [2.05, 4.69) is 4.90 Å². The fourth-order valence-corrected chi connectivity index (χ4v) is 6.47. The van der Waals surface area contributed by atoms with Crippen LogP contribution in [0.3, 0.4) is 0 Å². The average molecular weight is 521 g/mol. The number of sulfone groups is 1. The van der Waals surface area contributed by atoms with E-state index in [0.717, 1.165) is 31.5 Å². The van der Waals surface area contributed by atoms with Gasteiger partial charge in [0.1, 0.15) is 5.75 Å². The highest BCUT2D eigenvalue weighted by atomic mass is 35.5. The van der Waals surface area contributed by atoms with E-state index in [1.54, 1.807) is 30.3 Å². The predicted molar refractivity (Wildman–Crippen MR) is 126 cm³/mol. The van der Waals surface area contributed by atoms with Crippen molar-refractivity contribution >= 4 is 51.4 Å². The smallest absolute Gasteiger partial charge is 0.304 e. The number of benzene rings is 2. The summed E-state index contributed by atoms with van der Waals surface area (Å²) in [6.45, 7) is 2.64. The third-order valence-corrected chi connectivity index (χ3v) is 8.59. The number of nitrogens with zero attached hydrogens (tertiary/aromatic N) is 1. The van der Waals surface area contributed by atoms with Crippen LogP contribution < -0.4 is 4.74 Å². The van der Waals surface area contributed by atoms with Crippen LogP contribution in [-0.4, -0.2) is 50.6 Å². The lowest BCUT2D eigenvalue weighted by atomic mass is 9.74. The van der Waals surface area contributed by atoms with E-state index in [0.29, 0.717) is 34.5 Å². The average Bonchev–Trinajstić information content (AvgIpc) is 3.08. The number of carboxylic acid groups (broad SMARTS) is 1. The third kappa shape index (κ3) is 5.02. The van der Waals surface area contributed by atoms with Crippen LogP contribution in [0.25, 0.3) is 0 Å². The predicted octanol–water partition coefficient (Wildman–Crippen LogP) is 4.59. The van der Waals surface area contributed by atoms with Gasteiger partial charge in [0.2, 0.25) is 0 Å². The van der Waals surface area contributed by atoms with Crippen LogP contribution in [-0.2, 0) is 25.8 Å².